The van der Waals surface area contributed by atoms with Crippen LogP contribution in [0.15, 0.2) is 71.9 Å². The second kappa shape index (κ2) is 9.61. The zero-order valence-electron chi connectivity index (χ0n) is 17.7. The van der Waals surface area contributed by atoms with Gasteiger partial charge < -0.3 is 0 Å². The van der Waals surface area contributed by atoms with Crippen LogP contribution in [0.25, 0.3) is 0 Å². The predicted molar refractivity (Wildman–Crippen MR) is 122 cm³/mol. The number of aromatic nitrogens is 5. The molecular formula is C23H22N6O2S. The van der Waals surface area contributed by atoms with Crippen LogP contribution in [-0.2, 0) is 6.54 Å². The summed E-state index contributed by atoms with van der Waals surface area (Å²) in [4.78, 5) is 25.4. The Balaban J connectivity index is 1.43. The summed E-state index contributed by atoms with van der Waals surface area (Å²) in [5.74, 6) is -0.107. The summed E-state index contributed by atoms with van der Waals surface area (Å²) < 4.78 is 3.32. The lowest BCUT2D eigenvalue weighted by Crippen LogP contribution is -2.25. The summed E-state index contributed by atoms with van der Waals surface area (Å²) in [7, 11) is 0. The van der Waals surface area contributed by atoms with Gasteiger partial charge in [-0.1, -0.05) is 60.3 Å². The third-order valence-corrected chi connectivity index (χ3v) is 5.94. The number of ketones is 1. The smallest absolute Gasteiger partial charge is 0.270 e. The van der Waals surface area contributed by atoms with Crippen LogP contribution in [0.4, 0.5) is 0 Å². The lowest BCUT2D eigenvalue weighted by atomic mass is 10.2. The number of carbonyl (C=O) groups excluding carboxylic acids is 2. The van der Waals surface area contributed by atoms with Gasteiger partial charge in [-0.05, 0) is 48.0 Å². The third kappa shape index (κ3) is 4.78. The Morgan fingerprint density at radius 3 is 2.41 bits per heavy atom. The Morgan fingerprint density at radius 2 is 1.69 bits per heavy atom. The van der Waals surface area contributed by atoms with Gasteiger partial charge in [0.1, 0.15) is 0 Å². The minimum Gasteiger partial charge on any atom is -0.293 e. The molecule has 0 radical (unpaired) electrons. The summed E-state index contributed by atoms with van der Waals surface area (Å²) in [5, 5.41) is 12.4. The number of aryl methyl sites for hydroxylation is 1. The van der Waals surface area contributed by atoms with E-state index >= 15 is 0 Å². The number of amides is 1. The van der Waals surface area contributed by atoms with Crippen LogP contribution < -0.4 is 5.43 Å². The molecule has 0 saturated carbocycles. The first kappa shape index (κ1) is 21.5. The summed E-state index contributed by atoms with van der Waals surface area (Å²) in [5.41, 5.74) is 6.50. The van der Waals surface area contributed by atoms with Gasteiger partial charge in [0.15, 0.2) is 5.78 Å². The summed E-state index contributed by atoms with van der Waals surface area (Å²) >= 11 is 1.29. The van der Waals surface area contributed by atoms with E-state index in [9.17, 15) is 9.59 Å². The highest BCUT2D eigenvalue weighted by Crippen LogP contribution is 2.20. The number of benzene rings is 2. The molecule has 4 aromatic rings. The number of nitrogens with zero attached hydrogens (tertiary/aromatic N) is 5. The van der Waals surface area contributed by atoms with Crippen molar-refractivity contribution in [2.24, 2.45) is 0 Å². The van der Waals surface area contributed by atoms with E-state index in [4.69, 9.17) is 0 Å². The zero-order valence-corrected chi connectivity index (χ0v) is 18.5. The molecule has 162 valence electrons. The van der Waals surface area contributed by atoms with Crippen molar-refractivity contribution in [1.82, 2.24) is 24.9 Å². The van der Waals surface area contributed by atoms with Crippen molar-refractivity contribution in [2.75, 3.05) is 11.2 Å². The molecule has 2 aromatic heterocycles. The first-order valence-electron chi connectivity index (χ1n) is 10.0. The maximum Gasteiger partial charge on any atom is 0.270 e. The fraction of sp³-hybridized carbons (Fsp3) is 0.174. The van der Waals surface area contributed by atoms with Crippen LogP contribution >= 0.6 is 11.8 Å². The molecule has 1 amide bonds. The molecule has 0 aliphatic carbocycles. The molecule has 8 nitrogen and oxygen atoms in total. The molecule has 32 heavy (non-hydrogen) atoms. The molecule has 0 atom stereocenters. The Hall–Kier alpha value is -3.72. The largest absolute Gasteiger partial charge is 0.293 e. The highest BCUT2D eigenvalue weighted by atomic mass is 32.2. The number of thioether (sulfide) groups is 1. The Labute approximate surface area is 189 Å². The zero-order chi connectivity index (χ0) is 22.5. The van der Waals surface area contributed by atoms with Crippen LogP contribution in [0.5, 0.6) is 0 Å². The van der Waals surface area contributed by atoms with Gasteiger partial charge in [-0.25, -0.2) is 4.68 Å². The van der Waals surface area contributed by atoms with Gasteiger partial charge in [0, 0.05) is 22.5 Å². The molecule has 0 unspecified atom stereocenters. The number of hydrogen-bond acceptors (Lipinski definition) is 6. The first-order valence-corrected chi connectivity index (χ1v) is 11.0. The van der Waals surface area contributed by atoms with Gasteiger partial charge in [-0.15, -0.1) is 5.10 Å². The number of tetrazole rings is 1. The van der Waals surface area contributed by atoms with Gasteiger partial charge in [-0.2, -0.15) is 0 Å². The van der Waals surface area contributed by atoms with E-state index in [1.807, 2.05) is 62.4 Å². The van der Waals surface area contributed by atoms with Crippen LogP contribution in [-0.4, -0.2) is 42.3 Å². The third-order valence-electron chi connectivity index (χ3n) is 4.99. The Bertz CT molecular complexity index is 1230. The minimum absolute atomic E-state index is 0.0578. The van der Waals surface area contributed by atoms with E-state index in [2.05, 4.69) is 21.0 Å². The van der Waals surface area contributed by atoms with Crippen molar-refractivity contribution < 1.29 is 9.59 Å². The Kier molecular flexibility index (Phi) is 6.46. The van der Waals surface area contributed by atoms with E-state index in [-0.39, 0.29) is 17.4 Å². The quantitative estimate of drug-likeness (QED) is 0.329. The highest BCUT2D eigenvalue weighted by molar-refractivity contribution is 7.99. The van der Waals surface area contributed by atoms with Gasteiger partial charge in [-0.3, -0.25) is 19.7 Å². The minimum atomic E-state index is -0.235. The van der Waals surface area contributed by atoms with Crippen molar-refractivity contribution in [3.8, 4) is 0 Å². The molecule has 0 spiro atoms. The summed E-state index contributed by atoms with van der Waals surface area (Å²) in [6.07, 6.45) is 0. The van der Waals surface area contributed by atoms with E-state index in [1.165, 1.54) is 11.8 Å². The maximum absolute atomic E-state index is 12.9. The van der Waals surface area contributed by atoms with Crippen LogP contribution in [0.2, 0.25) is 0 Å². The SMILES string of the molecule is Cc1cc(C(=O)CSc2nnnn2Cc2ccccc2)c(C)n1NC(=O)c1ccccc1. The summed E-state index contributed by atoms with van der Waals surface area (Å²) in [6, 6.07) is 20.6. The lowest BCUT2D eigenvalue weighted by molar-refractivity contribution is 0.0999. The van der Waals surface area contributed by atoms with E-state index < -0.39 is 0 Å². The average molecular weight is 447 g/mol. The molecule has 2 aromatic carbocycles. The van der Waals surface area contributed by atoms with Gasteiger partial charge in [0.05, 0.1) is 12.3 Å². The summed E-state index contributed by atoms with van der Waals surface area (Å²) in [6.45, 7) is 4.20. The van der Waals surface area contributed by atoms with Crippen molar-refractivity contribution >= 4 is 23.5 Å². The maximum atomic E-state index is 12.9. The topological polar surface area (TPSA) is 94.7 Å². The molecule has 0 fully saturated rings. The van der Waals surface area contributed by atoms with Gasteiger partial charge in [0.2, 0.25) is 5.16 Å². The van der Waals surface area contributed by atoms with E-state index in [1.54, 1.807) is 27.6 Å². The number of nitrogens with one attached hydrogen (secondary N) is 1. The van der Waals surface area contributed by atoms with Crippen LogP contribution in [0, 0.1) is 13.8 Å². The number of Topliss-reactive ketones (excluding diaryl/α,β-unsaturated/α-hetero) is 1. The van der Waals surface area contributed by atoms with Crippen molar-refractivity contribution in [2.45, 2.75) is 25.5 Å². The molecule has 2 heterocycles. The molecule has 1 N–H and O–H groups in total. The molecule has 0 aliphatic heterocycles. The number of rotatable bonds is 8. The second-order valence-corrected chi connectivity index (χ2v) is 8.19. The number of hydrogen-bond donors (Lipinski definition) is 1. The monoisotopic (exact) mass is 446 g/mol. The van der Waals surface area contributed by atoms with Gasteiger partial charge in [0.25, 0.3) is 5.91 Å². The molecule has 4 rings (SSSR count). The molecular weight excluding hydrogens is 424 g/mol. The van der Waals surface area contributed by atoms with Gasteiger partial charge >= 0.3 is 0 Å². The van der Waals surface area contributed by atoms with Crippen LogP contribution in [0.1, 0.15) is 37.7 Å². The van der Waals surface area contributed by atoms with E-state index in [0.717, 1.165) is 11.3 Å². The molecule has 0 aliphatic rings. The van der Waals surface area contributed by atoms with Crippen molar-refractivity contribution in [1.29, 1.82) is 0 Å². The van der Waals surface area contributed by atoms with E-state index in [0.29, 0.717) is 28.5 Å². The molecule has 0 bridgehead atoms. The van der Waals surface area contributed by atoms with Crippen LogP contribution in [0.3, 0.4) is 0 Å². The Morgan fingerprint density at radius 1 is 1.00 bits per heavy atom. The highest BCUT2D eigenvalue weighted by Gasteiger charge is 2.19. The number of carbonyl (C=O) groups is 2. The fourth-order valence-electron chi connectivity index (χ4n) is 3.34. The lowest BCUT2D eigenvalue weighted by Gasteiger charge is -2.11. The van der Waals surface area contributed by atoms with Crippen molar-refractivity contribution in [3.63, 3.8) is 0 Å². The molecule has 0 saturated heterocycles. The standard InChI is InChI=1S/C23H22N6O2S/c1-16-13-20(17(2)29(16)25-22(31)19-11-7-4-8-12-19)21(30)15-32-23-24-26-27-28(23)14-18-9-5-3-6-10-18/h3-13H,14-15H2,1-2H3,(H,25,31). The second-order valence-electron chi connectivity index (χ2n) is 7.24. The molecule has 9 heteroatoms. The predicted octanol–water partition coefficient (Wildman–Crippen LogP) is 3.50. The first-order chi connectivity index (χ1) is 15.5. The van der Waals surface area contributed by atoms with Crippen molar-refractivity contribution in [3.05, 3.63) is 94.8 Å². The normalized spacial score (nSPS) is 10.8. The fourth-order valence-corrected chi connectivity index (χ4v) is 4.10. The average Bonchev–Trinajstić information content (AvgIpc) is 3.37.